The molecule has 0 saturated carbocycles. The van der Waals surface area contributed by atoms with Crippen LogP contribution in [0.15, 0.2) is 30.4 Å². The van der Waals surface area contributed by atoms with Gasteiger partial charge in [-0.05, 0) is 38.5 Å². The number of carbonyl (C=O) groups excluding carboxylic acids is 1. The number of carbonyl (C=O) groups is 1. The number of alkyl halides is 3. The number of nitrogens with zero attached hydrogens (tertiary/aromatic N) is 2. The molecule has 1 aromatic rings. The van der Waals surface area contributed by atoms with Crippen LogP contribution >= 0.6 is 0 Å². The summed E-state index contributed by atoms with van der Waals surface area (Å²) in [7, 11) is 0. The molecule has 2 rings (SSSR count). The molecule has 6 nitrogen and oxygen atoms in total. The maximum atomic E-state index is 13.3. The Labute approximate surface area is 161 Å². The van der Waals surface area contributed by atoms with E-state index in [1.807, 2.05) is 6.07 Å². The van der Waals surface area contributed by atoms with Gasteiger partial charge in [0.2, 0.25) is 0 Å². The quantitative estimate of drug-likeness (QED) is 0.700. The van der Waals surface area contributed by atoms with E-state index in [-0.39, 0.29) is 30.2 Å². The average Bonchev–Trinajstić information content (AvgIpc) is 2.95. The van der Waals surface area contributed by atoms with E-state index in [2.05, 4.69) is 11.3 Å². The van der Waals surface area contributed by atoms with E-state index in [9.17, 15) is 18.0 Å². The fraction of sp³-hybridized carbons (Fsp3) is 0.474. The summed E-state index contributed by atoms with van der Waals surface area (Å²) >= 11 is 0. The third-order valence-corrected chi connectivity index (χ3v) is 3.67. The lowest BCUT2D eigenvalue weighted by Gasteiger charge is -2.24. The molecular formula is C19H21F3N2O4. The zero-order valence-corrected chi connectivity index (χ0v) is 15.7. The van der Waals surface area contributed by atoms with E-state index < -0.39 is 30.6 Å². The highest BCUT2D eigenvalue weighted by atomic mass is 19.3. The highest BCUT2D eigenvalue weighted by molar-refractivity contribution is 5.69. The van der Waals surface area contributed by atoms with E-state index in [4.69, 9.17) is 14.7 Å². The van der Waals surface area contributed by atoms with Crippen molar-refractivity contribution in [3.8, 4) is 17.6 Å². The molecule has 1 heterocycles. The number of hydrogen-bond acceptors (Lipinski definition) is 5. The first-order valence-electron chi connectivity index (χ1n) is 8.45. The lowest BCUT2D eigenvalue weighted by atomic mass is 10.2. The second-order valence-corrected chi connectivity index (χ2v) is 7.20. The van der Waals surface area contributed by atoms with Crippen LogP contribution in [0.5, 0.6) is 11.5 Å². The second-order valence-electron chi connectivity index (χ2n) is 7.20. The first kappa shape index (κ1) is 21.4. The maximum absolute atomic E-state index is 13.3. The highest BCUT2D eigenvalue weighted by Gasteiger charge is 2.34. The molecule has 1 amide bonds. The minimum atomic E-state index is -3.36. The predicted molar refractivity (Wildman–Crippen MR) is 94.0 cm³/mol. The summed E-state index contributed by atoms with van der Waals surface area (Å²) in [5, 5.41) is 8.95. The molecule has 1 aromatic carbocycles. The summed E-state index contributed by atoms with van der Waals surface area (Å²) in [5.41, 5.74) is -0.0343. The summed E-state index contributed by atoms with van der Waals surface area (Å²) in [5.74, 6) is -0.380. The van der Waals surface area contributed by atoms with Crippen molar-refractivity contribution < 1.29 is 32.2 Å². The van der Waals surface area contributed by atoms with Crippen LogP contribution in [0.3, 0.4) is 0 Å². The third kappa shape index (κ3) is 5.55. The lowest BCUT2D eigenvalue weighted by molar-refractivity contribution is -0.0681. The Kier molecular flexibility index (Phi) is 6.44. The zero-order valence-electron chi connectivity index (χ0n) is 15.7. The van der Waals surface area contributed by atoms with E-state index in [0.29, 0.717) is 5.57 Å². The molecule has 0 N–H and O–H groups in total. The van der Waals surface area contributed by atoms with Gasteiger partial charge in [0, 0.05) is 12.6 Å². The standard InChI is InChI=1S/C19H21F3N2O4/c1-11-9-24(18(25)28-19(2,3)4)10-15(11)26-13-6-5-12(8-23)7-14(13)27-17(22)16(20)21/h5-7,15-17H,1,9-10H2,2-4H3. The van der Waals surface area contributed by atoms with Crippen molar-refractivity contribution in [3.63, 3.8) is 0 Å². The van der Waals surface area contributed by atoms with Gasteiger partial charge in [0.1, 0.15) is 11.7 Å². The van der Waals surface area contributed by atoms with Gasteiger partial charge in [0.25, 0.3) is 6.36 Å². The topological polar surface area (TPSA) is 71.8 Å². The van der Waals surface area contributed by atoms with Gasteiger partial charge < -0.3 is 19.1 Å². The maximum Gasteiger partial charge on any atom is 0.410 e. The van der Waals surface area contributed by atoms with Gasteiger partial charge in [-0.25, -0.2) is 13.6 Å². The number of hydrogen-bond donors (Lipinski definition) is 0. The number of nitriles is 1. The molecule has 1 aliphatic rings. The monoisotopic (exact) mass is 398 g/mol. The molecule has 1 saturated heterocycles. The van der Waals surface area contributed by atoms with Crippen LogP contribution in [0.25, 0.3) is 0 Å². The van der Waals surface area contributed by atoms with Gasteiger partial charge in [0.15, 0.2) is 11.5 Å². The van der Waals surface area contributed by atoms with Crippen molar-refractivity contribution >= 4 is 6.09 Å². The minimum Gasteiger partial charge on any atom is -0.480 e. The molecule has 28 heavy (non-hydrogen) atoms. The van der Waals surface area contributed by atoms with Gasteiger partial charge in [-0.2, -0.15) is 9.65 Å². The van der Waals surface area contributed by atoms with Gasteiger partial charge in [-0.1, -0.05) is 6.58 Å². The second kappa shape index (κ2) is 8.42. The number of ether oxygens (including phenoxy) is 3. The zero-order chi connectivity index (χ0) is 21.1. The van der Waals surface area contributed by atoms with Crippen LogP contribution in [-0.4, -0.2) is 48.6 Å². The summed E-state index contributed by atoms with van der Waals surface area (Å²) in [6.07, 6.45) is -7.45. The molecule has 2 atom stereocenters. The van der Waals surface area contributed by atoms with Crippen molar-refractivity contribution in [2.75, 3.05) is 13.1 Å². The van der Waals surface area contributed by atoms with Crippen LogP contribution in [0.2, 0.25) is 0 Å². The molecule has 0 radical (unpaired) electrons. The Morgan fingerprint density at radius 2 is 2.00 bits per heavy atom. The van der Waals surface area contributed by atoms with Crippen LogP contribution in [0.4, 0.5) is 18.0 Å². The first-order valence-corrected chi connectivity index (χ1v) is 8.45. The molecule has 9 heteroatoms. The fourth-order valence-electron chi connectivity index (χ4n) is 2.42. The summed E-state index contributed by atoms with van der Waals surface area (Å²) in [6, 6.07) is 5.61. The van der Waals surface area contributed by atoms with Crippen molar-refractivity contribution in [1.82, 2.24) is 4.90 Å². The van der Waals surface area contributed by atoms with Crippen LogP contribution in [0, 0.1) is 11.3 Å². The minimum absolute atomic E-state index is 0.0421. The number of amides is 1. The third-order valence-electron chi connectivity index (χ3n) is 3.67. The van der Waals surface area contributed by atoms with Crippen molar-refractivity contribution in [1.29, 1.82) is 5.26 Å². The highest BCUT2D eigenvalue weighted by Crippen LogP contribution is 2.33. The largest absolute Gasteiger partial charge is 0.480 e. The first-order chi connectivity index (χ1) is 13.0. The Morgan fingerprint density at radius 3 is 2.57 bits per heavy atom. The van der Waals surface area contributed by atoms with Crippen molar-refractivity contribution in [2.24, 2.45) is 0 Å². The van der Waals surface area contributed by atoms with Gasteiger partial charge >= 0.3 is 12.5 Å². The Bertz CT molecular complexity index is 786. The molecule has 0 bridgehead atoms. The fourth-order valence-corrected chi connectivity index (χ4v) is 2.42. The molecule has 152 valence electrons. The number of likely N-dealkylation sites (tertiary alicyclic amines) is 1. The normalized spacial score (nSPS) is 18.0. The Balaban J connectivity index is 2.15. The molecule has 2 unspecified atom stereocenters. The molecule has 1 aliphatic heterocycles. The summed E-state index contributed by atoms with van der Waals surface area (Å²) in [4.78, 5) is 13.6. The molecule has 0 aliphatic carbocycles. The number of benzene rings is 1. The predicted octanol–water partition coefficient (Wildman–Crippen LogP) is 4.05. The molecule has 0 spiro atoms. The van der Waals surface area contributed by atoms with Crippen LogP contribution < -0.4 is 9.47 Å². The van der Waals surface area contributed by atoms with Gasteiger partial charge in [0.05, 0.1) is 18.2 Å². The van der Waals surface area contributed by atoms with Crippen molar-refractivity contribution in [2.45, 2.75) is 45.3 Å². The summed E-state index contributed by atoms with van der Waals surface area (Å²) in [6.45, 7) is 9.36. The van der Waals surface area contributed by atoms with Crippen LogP contribution in [0.1, 0.15) is 26.3 Å². The number of rotatable bonds is 5. The molecule has 1 fully saturated rings. The molecular weight excluding hydrogens is 377 g/mol. The smallest absolute Gasteiger partial charge is 0.410 e. The number of halogens is 3. The Hall–Kier alpha value is -2.89. The Morgan fingerprint density at radius 1 is 1.32 bits per heavy atom. The van der Waals surface area contributed by atoms with Gasteiger partial charge in [-0.3, -0.25) is 0 Å². The van der Waals surface area contributed by atoms with E-state index in [1.54, 1.807) is 20.8 Å². The summed E-state index contributed by atoms with van der Waals surface area (Å²) < 4.78 is 53.9. The van der Waals surface area contributed by atoms with Crippen LogP contribution in [-0.2, 0) is 4.74 Å². The SMILES string of the molecule is C=C1CN(C(=O)OC(C)(C)C)CC1Oc1ccc(C#N)cc1OC(F)C(F)F. The van der Waals surface area contributed by atoms with E-state index in [0.717, 1.165) is 6.07 Å². The molecule has 0 aromatic heterocycles. The van der Waals surface area contributed by atoms with Crippen molar-refractivity contribution in [3.05, 3.63) is 35.9 Å². The van der Waals surface area contributed by atoms with E-state index in [1.165, 1.54) is 17.0 Å². The lowest BCUT2D eigenvalue weighted by Crippen LogP contribution is -2.36. The van der Waals surface area contributed by atoms with E-state index >= 15 is 0 Å². The van der Waals surface area contributed by atoms with Gasteiger partial charge in [-0.15, -0.1) is 0 Å². The average molecular weight is 398 g/mol.